The first kappa shape index (κ1) is 13.2. The SMILES string of the molecule is COc1ccc(C(CSC)NN)cc1OC. The number of benzene rings is 1. The highest BCUT2D eigenvalue weighted by Gasteiger charge is 2.12. The van der Waals surface area contributed by atoms with E-state index in [4.69, 9.17) is 15.3 Å². The minimum absolute atomic E-state index is 0.120. The van der Waals surface area contributed by atoms with Crippen molar-refractivity contribution >= 4 is 11.8 Å². The minimum Gasteiger partial charge on any atom is -0.493 e. The number of thioether (sulfide) groups is 1. The summed E-state index contributed by atoms with van der Waals surface area (Å²) in [6.45, 7) is 0. The van der Waals surface area contributed by atoms with E-state index in [0.29, 0.717) is 0 Å². The van der Waals surface area contributed by atoms with Gasteiger partial charge < -0.3 is 9.47 Å². The predicted octanol–water partition coefficient (Wildman–Crippen LogP) is 1.57. The summed E-state index contributed by atoms with van der Waals surface area (Å²) in [5.74, 6) is 7.88. The van der Waals surface area contributed by atoms with E-state index in [1.54, 1.807) is 26.0 Å². The van der Waals surface area contributed by atoms with Crippen LogP contribution in [0.3, 0.4) is 0 Å². The van der Waals surface area contributed by atoms with Gasteiger partial charge in [0.05, 0.1) is 20.3 Å². The fourth-order valence-electron chi connectivity index (χ4n) is 1.48. The van der Waals surface area contributed by atoms with E-state index >= 15 is 0 Å². The smallest absolute Gasteiger partial charge is 0.161 e. The van der Waals surface area contributed by atoms with E-state index in [1.165, 1.54) is 0 Å². The van der Waals surface area contributed by atoms with Crippen LogP contribution in [0.15, 0.2) is 18.2 Å². The summed E-state index contributed by atoms with van der Waals surface area (Å²) in [5.41, 5.74) is 3.88. The van der Waals surface area contributed by atoms with Gasteiger partial charge in [-0.1, -0.05) is 6.07 Å². The zero-order valence-corrected chi connectivity index (χ0v) is 10.6. The summed E-state index contributed by atoms with van der Waals surface area (Å²) in [7, 11) is 3.25. The van der Waals surface area contributed by atoms with Crippen molar-refractivity contribution in [1.82, 2.24) is 5.43 Å². The molecule has 16 heavy (non-hydrogen) atoms. The van der Waals surface area contributed by atoms with Gasteiger partial charge in [0.25, 0.3) is 0 Å². The second-order valence-corrected chi connectivity index (χ2v) is 4.20. The number of hydrogen-bond acceptors (Lipinski definition) is 5. The number of nitrogens with one attached hydrogen (secondary N) is 1. The largest absolute Gasteiger partial charge is 0.493 e. The number of hydrazine groups is 1. The Morgan fingerprint density at radius 2 is 2.00 bits per heavy atom. The highest BCUT2D eigenvalue weighted by Crippen LogP contribution is 2.30. The summed E-state index contributed by atoms with van der Waals surface area (Å²) >= 11 is 1.74. The van der Waals surface area contributed by atoms with E-state index in [1.807, 2.05) is 24.5 Å². The van der Waals surface area contributed by atoms with Gasteiger partial charge in [0.2, 0.25) is 0 Å². The molecule has 3 N–H and O–H groups in total. The third-order valence-corrected chi connectivity index (χ3v) is 3.01. The van der Waals surface area contributed by atoms with Crippen LogP contribution in [-0.4, -0.2) is 26.2 Å². The number of hydrogen-bond donors (Lipinski definition) is 2. The molecule has 1 atom stereocenters. The number of methoxy groups -OCH3 is 2. The van der Waals surface area contributed by atoms with Crippen molar-refractivity contribution in [3.05, 3.63) is 23.8 Å². The van der Waals surface area contributed by atoms with Gasteiger partial charge in [0.1, 0.15) is 0 Å². The van der Waals surface area contributed by atoms with Crippen LogP contribution in [0.2, 0.25) is 0 Å². The third kappa shape index (κ3) is 3.04. The van der Waals surface area contributed by atoms with E-state index in [2.05, 4.69) is 5.43 Å². The molecule has 0 saturated carbocycles. The molecule has 1 unspecified atom stereocenters. The van der Waals surface area contributed by atoms with E-state index in [9.17, 15) is 0 Å². The lowest BCUT2D eigenvalue weighted by Crippen LogP contribution is -2.29. The van der Waals surface area contributed by atoms with E-state index in [-0.39, 0.29) is 6.04 Å². The fraction of sp³-hybridized carbons (Fsp3) is 0.455. The molecule has 0 amide bonds. The van der Waals surface area contributed by atoms with Gasteiger partial charge in [-0.15, -0.1) is 0 Å². The van der Waals surface area contributed by atoms with Crippen LogP contribution in [0.25, 0.3) is 0 Å². The molecule has 0 spiro atoms. The summed E-state index contributed by atoms with van der Waals surface area (Å²) in [5, 5.41) is 0. The maximum absolute atomic E-state index is 5.52. The van der Waals surface area contributed by atoms with Crippen LogP contribution in [-0.2, 0) is 0 Å². The monoisotopic (exact) mass is 242 g/mol. The Bertz CT molecular complexity index is 334. The van der Waals surface area contributed by atoms with Gasteiger partial charge in [-0.3, -0.25) is 11.3 Å². The molecule has 0 radical (unpaired) electrons. The first-order valence-corrected chi connectivity index (χ1v) is 6.33. The van der Waals surface area contributed by atoms with Crippen LogP contribution in [0.1, 0.15) is 11.6 Å². The van der Waals surface area contributed by atoms with Crippen LogP contribution < -0.4 is 20.7 Å². The lowest BCUT2D eigenvalue weighted by Gasteiger charge is -2.17. The molecule has 4 nitrogen and oxygen atoms in total. The lowest BCUT2D eigenvalue weighted by molar-refractivity contribution is 0.354. The van der Waals surface area contributed by atoms with Crippen LogP contribution >= 0.6 is 11.8 Å². The van der Waals surface area contributed by atoms with Crippen LogP contribution in [0.4, 0.5) is 0 Å². The fourth-order valence-corrected chi connectivity index (χ4v) is 2.10. The molecule has 0 aliphatic heterocycles. The third-order valence-electron chi connectivity index (χ3n) is 2.34. The average Bonchev–Trinajstić information content (AvgIpc) is 2.35. The van der Waals surface area contributed by atoms with Gasteiger partial charge >= 0.3 is 0 Å². The first-order chi connectivity index (χ1) is 7.76. The Hall–Kier alpha value is -0.910. The van der Waals surface area contributed by atoms with Crippen molar-refractivity contribution in [2.24, 2.45) is 5.84 Å². The normalized spacial score (nSPS) is 12.2. The van der Waals surface area contributed by atoms with Crippen molar-refractivity contribution in [1.29, 1.82) is 0 Å². The van der Waals surface area contributed by atoms with Gasteiger partial charge in [0, 0.05) is 5.75 Å². The number of nitrogens with two attached hydrogens (primary N) is 1. The molecular weight excluding hydrogens is 224 g/mol. The summed E-state index contributed by atoms with van der Waals surface area (Å²) in [6, 6.07) is 5.94. The van der Waals surface area contributed by atoms with Crippen molar-refractivity contribution in [2.45, 2.75) is 6.04 Å². The highest BCUT2D eigenvalue weighted by molar-refractivity contribution is 7.98. The van der Waals surface area contributed by atoms with Crippen LogP contribution in [0.5, 0.6) is 11.5 Å². The minimum atomic E-state index is 0.120. The zero-order valence-electron chi connectivity index (χ0n) is 9.82. The second-order valence-electron chi connectivity index (χ2n) is 3.29. The average molecular weight is 242 g/mol. The molecular formula is C11H18N2O2S. The molecule has 0 aliphatic carbocycles. The van der Waals surface area contributed by atoms with Crippen molar-refractivity contribution in [3.8, 4) is 11.5 Å². The van der Waals surface area contributed by atoms with Crippen molar-refractivity contribution in [2.75, 3.05) is 26.2 Å². The lowest BCUT2D eigenvalue weighted by atomic mass is 10.1. The zero-order chi connectivity index (χ0) is 12.0. The summed E-state index contributed by atoms with van der Waals surface area (Å²) in [4.78, 5) is 0. The molecule has 0 fully saturated rings. The maximum Gasteiger partial charge on any atom is 0.161 e. The summed E-state index contributed by atoms with van der Waals surface area (Å²) in [6.07, 6.45) is 2.05. The molecule has 1 rings (SSSR count). The second kappa shape index (κ2) is 6.62. The molecule has 0 aromatic heterocycles. The Labute approximate surface area is 100 Å². The molecule has 90 valence electrons. The van der Waals surface area contributed by atoms with E-state index in [0.717, 1.165) is 22.8 Å². The Balaban J connectivity index is 2.96. The number of ether oxygens (including phenoxy) is 2. The maximum atomic E-state index is 5.52. The predicted molar refractivity (Wildman–Crippen MR) is 68.0 cm³/mol. The van der Waals surface area contributed by atoms with Gasteiger partial charge in [-0.25, -0.2) is 0 Å². The van der Waals surface area contributed by atoms with Crippen molar-refractivity contribution < 1.29 is 9.47 Å². The Morgan fingerprint density at radius 3 is 2.50 bits per heavy atom. The number of rotatable bonds is 6. The molecule has 0 saturated heterocycles. The summed E-state index contributed by atoms with van der Waals surface area (Å²) < 4.78 is 10.4. The Morgan fingerprint density at radius 1 is 1.31 bits per heavy atom. The topological polar surface area (TPSA) is 56.5 Å². The highest BCUT2D eigenvalue weighted by atomic mass is 32.2. The van der Waals surface area contributed by atoms with Crippen LogP contribution in [0, 0.1) is 0 Å². The molecule has 5 heteroatoms. The van der Waals surface area contributed by atoms with Crippen molar-refractivity contribution in [3.63, 3.8) is 0 Å². The molecule has 1 aromatic carbocycles. The first-order valence-electron chi connectivity index (χ1n) is 4.93. The van der Waals surface area contributed by atoms with E-state index < -0.39 is 0 Å². The molecule has 0 aliphatic rings. The Kier molecular flexibility index (Phi) is 5.45. The van der Waals surface area contributed by atoms with Gasteiger partial charge in [-0.05, 0) is 24.0 Å². The quantitative estimate of drug-likeness (QED) is 0.586. The van der Waals surface area contributed by atoms with Gasteiger partial charge in [0.15, 0.2) is 11.5 Å². The van der Waals surface area contributed by atoms with Gasteiger partial charge in [-0.2, -0.15) is 11.8 Å². The molecule has 1 aromatic rings. The molecule has 0 heterocycles. The standard InChI is InChI=1S/C11H18N2O2S/c1-14-10-5-4-8(6-11(10)15-2)9(13-12)7-16-3/h4-6,9,13H,7,12H2,1-3H3. The molecule has 0 bridgehead atoms.